The second kappa shape index (κ2) is 5.30. The van der Waals surface area contributed by atoms with Gasteiger partial charge in [-0.05, 0) is 25.1 Å². The number of sulfone groups is 1. The standard InChI is InChI=1S/C13H17NO4S/c1-10-9-18-7-6-14(10)13(15)11-4-3-5-12(8-11)19(2,16)17/h3-5,8,10H,6-7,9H2,1-2H3. The summed E-state index contributed by atoms with van der Waals surface area (Å²) in [6, 6.07) is 6.16. The molecule has 0 aliphatic carbocycles. The highest BCUT2D eigenvalue weighted by atomic mass is 32.2. The van der Waals surface area contributed by atoms with Crippen molar-refractivity contribution in [1.29, 1.82) is 0 Å². The van der Waals surface area contributed by atoms with Gasteiger partial charge in [-0.25, -0.2) is 8.42 Å². The van der Waals surface area contributed by atoms with E-state index in [-0.39, 0.29) is 16.8 Å². The lowest BCUT2D eigenvalue weighted by atomic mass is 10.1. The minimum atomic E-state index is -3.30. The van der Waals surface area contributed by atoms with Gasteiger partial charge in [0.15, 0.2) is 9.84 Å². The first kappa shape index (κ1) is 14.0. The Morgan fingerprint density at radius 1 is 1.42 bits per heavy atom. The van der Waals surface area contributed by atoms with E-state index in [1.807, 2.05) is 6.92 Å². The number of amides is 1. The Kier molecular flexibility index (Phi) is 3.91. The maximum atomic E-state index is 12.4. The molecule has 1 aromatic rings. The lowest BCUT2D eigenvalue weighted by Crippen LogP contribution is -2.47. The maximum Gasteiger partial charge on any atom is 0.254 e. The van der Waals surface area contributed by atoms with Crippen molar-refractivity contribution in [3.8, 4) is 0 Å². The molecule has 1 fully saturated rings. The van der Waals surface area contributed by atoms with Crippen LogP contribution in [0, 0.1) is 0 Å². The second-order valence-electron chi connectivity index (χ2n) is 4.72. The molecule has 0 aromatic heterocycles. The molecule has 1 saturated heterocycles. The SMILES string of the molecule is CC1COCCN1C(=O)c1cccc(S(C)(=O)=O)c1. The number of nitrogens with zero attached hydrogens (tertiary/aromatic N) is 1. The lowest BCUT2D eigenvalue weighted by Gasteiger charge is -2.33. The number of ether oxygens (including phenoxy) is 1. The fourth-order valence-electron chi connectivity index (χ4n) is 2.05. The summed E-state index contributed by atoms with van der Waals surface area (Å²) in [6.45, 7) is 3.47. The minimum Gasteiger partial charge on any atom is -0.377 e. The van der Waals surface area contributed by atoms with Crippen molar-refractivity contribution in [2.75, 3.05) is 26.0 Å². The Morgan fingerprint density at radius 3 is 2.79 bits per heavy atom. The van der Waals surface area contributed by atoms with Crippen LogP contribution in [-0.2, 0) is 14.6 Å². The average Bonchev–Trinajstić information content (AvgIpc) is 2.38. The second-order valence-corrected chi connectivity index (χ2v) is 6.74. The van der Waals surface area contributed by atoms with Gasteiger partial charge in [0, 0.05) is 18.4 Å². The fourth-order valence-corrected chi connectivity index (χ4v) is 2.72. The van der Waals surface area contributed by atoms with E-state index in [1.54, 1.807) is 17.0 Å². The van der Waals surface area contributed by atoms with Crippen LogP contribution >= 0.6 is 0 Å². The Balaban J connectivity index is 2.29. The molecule has 1 aliphatic heterocycles. The average molecular weight is 283 g/mol. The molecule has 19 heavy (non-hydrogen) atoms. The third kappa shape index (κ3) is 3.13. The summed E-state index contributed by atoms with van der Waals surface area (Å²) in [5.74, 6) is -0.152. The van der Waals surface area contributed by atoms with Crippen molar-refractivity contribution in [3.05, 3.63) is 29.8 Å². The molecule has 0 saturated carbocycles. The molecule has 0 spiro atoms. The van der Waals surface area contributed by atoms with Gasteiger partial charge < -0.3 is 9.64 Å². The summed E-state index contributed by atoms with van der Waals surface area (Å²) < 4.78 is 28.3. The van der Waals surface area contributed by atoms with Gasteiger partial charge in [-0.2, -0.15) is 0 Å². The van der Waals surface area contributed by atoms with E-state index in [9.17, 15) is 13.2 Å². The third-order valence-corrected chi connectivity index (χ3v) is 4.25. The number of carbonyl (C=O) groups is 1. The van der Waals surface area contributed by atoms with E-state index in [2.05, 4.69) is 0 Å². The summed E-state index contributed by atoms with van der Waals surface area (Å²) in [6.07, 6.45) is 1.13. The normalized spacial score (nSPS) is 20.3. The van der Waals surface area contributed by atoms with E-state index >= 15 is 0 Å². The van der Waals surface area contributed by atoms with Gasteiger partial charge in [-0.15, -0.1) is 0 Å². The molecule has 0 bridgehead atoms. The number of morpholine rings is 1. The van der Waals surface area contributed by atoms with Crippen molar-refractivity contribution >= 4 is 15.7 Å². The number of hydrogen-bond acceptors (Lipinski definition) is 4. The minimum absolute atomic E-state index is 0.00291. The topological polar surface area (TPSA) is 63.7 Å². The number of rotatable bonds is 2. The van der Waals surface area contributed by atoms with Gasteiger partial charge in [0.25, 0.3) is 5.91 Å². The zero-order valence-corrected chi connectivity index (χ0v) is 11.8. The fraction of sp³-hybridized carbons (Fsp3) is 0.462. The molecule has 1 amide bonds. The summed E-state index contributed by atoms with van der Waals surface area (Å²) in [4.78, 5) is 14.2. The molecule has 1 unspecified atom stereocenters. The van der Waals surface area contributed by atoms with Gasteiger partial charge in [0.05, 0.1) is 24.2 Å². The van der Waals surface area contributed by atoms with E-state index in [0.29, 0.717) is 25.3 Å². The van der Waals surface area contributed by atoms with Gasteiger partial charge in [-0.3, -0.25) is 4.79 Å². The molecule has 104 valence electrons. The predicted octanol–water partition coefficient (Wildman–Crippen LogP) is 0.951. The third-order valence-electron chi connectivity index (χ3n) is 3.14. The maximum absolute atomic E-state index is 12.4. The first-order valence-electron chi connectivity index (χ1n) is 6.08. The summed E-state index contributed by atoms with van der Waals surface area (Å²) >= 11 is 0. The highest BCUT2D eigenvalue weighted by Crippen LogP contribution is 2.16. The van der Waals surface area contributed by atoms with Crippen molar-refractivity contribution in [2.45, 2.75) is 17.9 Å². The van der Waals surface area contributed by atoms with Crippen LogP contribution in [0.1, 0.15) is 17.3 Å². The molecule has 0 radical (unpaired) electrons. The molecule has 1 aromatic carbocycles. The first-order valence-corrected chi connectivity index (χ1v) is 7.97. The molecule has 1 aliphatic rings. The molecule has 1 heterocycles. The van der Waals surface area contributed by atoms with Crippen molar-refractivity contribution < 1.29 is 17.9 Å². The van der Waals surface area contributed by atoms with Crippen LogP contribution in [0.15, 0.2) is 29.2 Å². The highest BCUT2D eigenvalue weighted by Gasteiger charge is 2.25. The molecular weight excluding hydrogens is 266 g/mol. The Labute approximate surface area is 113 Å². The van der Waals surface area contributed by atoms with Crippen LogP contribution in [0.5, 0.6) is 0 Å². The van der Waals surface area contributed by atoms with E-state index < -0.39 is 9.84 Å². The zero-order valence-electron chi connectivity index (χ0n) is 11.0. The van der Waals surface area contributed by atoms with Crippen LogP contribution in [0.25, 0.3) is 0 Å². The first-order chi connectivity index (χ1) is 8.89. The monoisotopic (exact) mass is 283 g/mol. The van der Waals surface area contributed by atoms with Gasteiger partial charge in [0.2, 0.25) is 0 Å². The van der Waals surface area contributed by atoms with Gasteiger partial charge in [-0.1, -0.05) is 6.07 Å². The number of benzene rings is 1. The van der Waals surface area contributed by atoms with Crippen LogP contribution < -0.4 is 0 Å². The molecule has 1 atom stereocenters. The molecule has 6 heteroatoms. The summed E-state index contributed by atoms with van der Waals surface area (Å²) in [5.41, 5.74) is 0.400. The molecular formula is C13H17NO4S. The Hall–Kier alpha value is -1.40. The smallest absolute Gasteiger partial charge is 0.254 e. The Bertz CT molecular complexity index is 582. The highest BCUT2D eigenvalue weighted by molar-refractivity contribution is 7.90. The van der Waals surface area contributed by atoms with E-state index in [4.69, 9.17) is 4.74 Å². The van der Waals surface area contributed by atoms with Crippen molar-refractivity contribution in [3.63, 3.8) is 0 Å². The lowest BCUT2D eigenvalue weighted by molar-refractivity contribution is 0.00358. The van der Waals surface area contributed by atoms with Crippen molar-refractivity contribution in [1.82, 2.24) is 4.90 Å². The van der Waals surface area contributed by atoms with E-state index in [0.717, 1.165) is 6.26 Å². The number of hydrogen-bond donors (Lipinski definition) is 0. The summed E-state index contributed by atoms with van der Waals surface area (Å²) in [5, 5.41) is 0. The summed E-state index contributed by atoms with van der Waals surface area (Å²) in [7, 11) is -3.30. The Morgan fingerprint density at radius 2 is 2.16 bits per heavy atom. The van der Waals surface area contributed by atoms with Crippen molar-refractivity contribution in [2.24, 2.45) is 0 Å². The van der Waals surface area contributed by atoms with Gasteiger partial charge in [0.1, 0.15) is 0 Å². The van der Waals surface area contributed by atoms with Crippen LogP contribution in [0.4, 0.5) is 0 Å². The molecule has 0 N–H and O–H groups in total. The predicted molar refractivity (Wildman–Crippen MR) is 70.9 cm³/mol. The zero-order chi connectivity index (χ0) is 14.0. The van der Waals surface area contributed by atoms with Crippen LogP contribution in [0.2, 0.25) is 0 Å². The van der Waals surface area contributed by atoms with Crippen LogP contribution in [0.3, 0.4) is 0 Å². The largest absolute Gasteiger partial charge is 0.377 e. The van der Waals surface area contributed by atoms with E-state index in [1.165, 1.54) is 12.1 Å². The number of carbonyl (C=O) groups excluding carboxylic acids is 1. The molecule has 2 rings (SSSR count). The molecule has 5 nitrogen and oxygen atoms in total. The van der Waals surface area contributed by atoms with Gasteiger partial charge >= 0.3 is 0 Å². The quantitative estimate of drug-likeness (QED) is 0.810. The van der Waals surface area contributed by atoms with Crippen LogP contribution in [-0.4, -0.2) is 51.3 Å².